The summed E-state index contributed by atoms with van der Waals surface area (Å²) in [6.07, 6.45) is 1.39. The summed E-state index contributed by atoms with van der Waals surface area (Å²) in [5, 5.41) is 0. The van der Waals surface area contributed by atoms with Crippen LogP contribution in [-0.4, -0.2) is 4.98 Å². The molecule has 0 saturated carbocycles. The fraction of sp³-hybridized carbons (Fsp3) is 0. The molecule has 21 heavy (non-hydrogen) atoms. The zero-order valence-electron chi connectivity index (χ0n) is 10.9. The van der Waals surface area contributed by atoms with Crippen LogP contribution in [0, 0.1) is 17.5 Å². The van der Waals surface area contributed by atoms with Crippen molar-refractivity contribution in [2.75, 3.05) is 0 Å². The normalized spacial score (nSPS) is 10.6. The van der Waals surface area contributed by atoms with Crippen LogP contribution in [0.15, 0.2) is 60.8 Å². The number of rotatable bonds is 2. The molecule has 0 spiro atoms. The maximum absolute atomic E-state index is 14.2. The molecule has 0 N–H and O–H groups in total. The Bertz CT molecular complexity index is 765. The molecule has 2 aromatic carbocycles. The molecule has 0 aliphatic carbocycles. The van der Waals surface area contributed by atoms with Gasteiger partial charge in [-0.25, -0.2) is 13.2 Å². The molecular weight excluding hydrogens is 275 g/mol. The minimum atomic E-state index is -0.462. The number of aromatic nitrogens is 1. The standard InChI is InChI=1S/C17H10F3N/c18-13-5-1-11(2-6-13)15-10-21-17(9-16(15)20)12-3-7-14(19)8-4-12/h1-10H. The van der Waals surface area contributed by atoms with E-state index in [1.54, 1.807) is 0 Å². The molecule has 0 amide bonds. The largest absolute Gasteiger partial charge is 0.255 e. The van der Waals surface area contributed by atoms with Crippen molar-refractivity contribution in [3.63, 3.8) is 0 Å². The summed E-state index contributed by atoms with van der Waals surface area (Å²) in [4.78, 5) is 4.18. The molecule has 1 heterocycles. The van der Waals surface area contributed by atoms with Crippen LogP contribution >= 0.6 is 0 Å². The van der Waals surface area contributed by atoms with E-state index in [4.69, 9.17) is 0 Å². The van der Waals surface area contributed by atoms with Crippen LogP contribution in [0.5, 0.6) is 0 Å². The van der Waals surface area contributed by atoms with Crippen LogP contribution in [0.25, 0.3) is 22.4 Å². The Labute approximate surface area is 119 Å². The maximum atomic E-state index is 14.2. The van der Waals surface area contributed by atoms with Gasteiger partial charge in [0, 0.05) is 23.4 Å². The van der Waals surface area contributed by atoms with Gasteiger partial charge in [-0.1, -0.05) is 12.1 Å². The van der Waals surface area contributed by atoms with Crippen molar-refractivity contribution in [3.8, 4) is 22.4 Å². The minimum absolute atomic E-state index is 0.292. The highest BCUT2D eigenvalue weighted by Gasteiger charge is 2.09. The lowest BCUT2D eigenvalue weighted by Crippen LogP contribution is -1.91. The van der Waals surface area contributed by atoms with Crippen LogP contribution in [-0.2, 0) is 0 Å². The Morgan fingerprint density at radius 1 is 0.667 bits per heavy atom. The molecule has 1 aromatic heterocycles. The van der Waals surface area contributed by atoms with Gasteiger partial charge in [0.25, 0.3) is 0 Å². The summed E-state index contributed by atoms with van der Waals surface area (Å²) >= 11 is 0. The molecule has 3 rings (SSSR count). The third kappa shape index (κ3) is 2.79. The van der Waals surface area contributed by atoms with Crippen molar-refractivity contribution in [2.24, 2.45) is 0 Å². The van der Waals surface area contributed by atoms with Crippen molar-refractivity contribution in [3.05, 3.63) is 78.2 Å². The Morgan fingerprint density at radius 3 is 1.71 bits per heavy atom. The Morgan fingerprint density at radius 2 is 1.19 bits per heavy atom. The van der Waals surface area contributed by atoms with Crippen molar-refractivity contribution < 1.29 is 13.2 Å². The van der Waals surface area contributed by atoms with E-state index in [0.717, 1.165) is 0 Å². The molecule has 0 atom stereocenters. The van der Waals surface area contributed by atoms with Crippen molar-refractivity contribution in [2.45, 2.75) is 0 Å². The van der Waals surface area contributed by atoms with Gasteiger partial charge in [0.05, 0.1) is 5.69 Å². The Kier molecular flexibility index (Phi) is 3.44. The van der Waals surface area contributed by atoms with Crippen molar-refractivity contribution >= 4 is 0 Å². The number of nitrogens with zero attached hydrogens (tertiary/aromatic N) is 1. The lowest BCUT2D eigenvalue weighted by atomic mass is 10.1. The van der Waals surface area contributed by atoms with Gasteiger partial charge in [-0.05, 0) is 42.0 Å². The average Bonchev–Trinajstić information content (AvgIpc) is 2.49. The highest BCUT2D eigenvalue weighted by molar-refractivity contribution is 5.67. The second-order valence-electron chi connectivity index (χ2n) is 4.56. The molecule has 0 radical (unpaired) electrons. The molecule has 0 aliphatic rings. The number of pyridine rings is 1. The smallest absolute Gasteiger partial charge is 0.134 e. The van der Waals surface area contributed by atoms with E-state index in [9.17, 15) is 13.2 Å². The third-order valence-electron chi connectivity index (χ3n) is 3.15. The molecule has 0 saturated heterocycles. The van der Waals surface area contributed by atoms with Gasteiger partial charge in [-0.2, -0.15) is 0 Å². The number of hydrogen-bond acceptors (Lipinski definition) is 1. The van der Waals surface area contributed by atoms with Crippen LogP contribution in [0.2, 0.25) is 0 Å². The van der Waals surface area contributed by atoms with Crippen LogP contribution in [0.3, 0.4) is 0 Å². The van der Waals surface area contributed by atoms with E-state index >= 15 is 0 Å². The predicted octanol–water partition coefficient (Wildman–Crippen LogP) is 4.83. The van der Waals surface area contributed by atoms with Gasteiger partial charge in [0.15, 0.2) is 0 Å². The number of benzene rings is 2. The third-order valence-corrected chi connectivity index (χ3v) is 3.15. The van der Waals surface area contributed by atoms with Crippen molar-refractivity contribution in [1.29, 1.82) is 0 Å². The first kappa shape index (κ1) is 13.4. The first-order valence-corrected chi connectivity index (χ1v) is 6.31. The Balaban J connectivity index is 1.99. The van der Waals surface area contributed by atoms with E-state index in [0.29, 0.717) is 22.4 Å². The van der Waals surface area contributed by atoms with Gasteiger partial charge in [0.2, 0.25) is 0 Å². The highest BCUT2D eigenvalue weighted by atomic mass is 19.1. The number of halogens is 3. The molecule has 0 aliphatic heterocycles. The van der Waals surface area contributed by atoms with Gasteiger partial charge in [0.1, 0.15) is 17.5 Å². The zero-order chi connectivity index (χ0) is 14.8. The lowest BCUT2D eigenvalue weighted by Gasteiger charge is -2.06. The molecule has 4 heteroatoms. The highest BCUT2D eigenvalue weighted by Crippen LogP contribution is 2.26. The average molecular weight is 285 g/mol. The molecule has 0 fully saturated rings. The zero-order valence-corrected chi connectivity index (χ0v) is 10.9. The summed E-state index contributed by atoms with van der Waals surface area (Å²) in [6.45, 7) is 0. The first-order chi connectivity index (χ1) is 10.1. The molecular formula is C17H10F3N. The summed E-state index contributed by atoms with van der Waals surface area (Å²) < 4.78 is 39.9. The number of hydrogen-bond donors (Lipinski definition) is 0. The summed E-state index contributed by atoms with van der Waals surface area (Å²) in [5.74, 6) is -1.20. The summed E-state index contributed by atoms with van der Waals surface area (Å²) in [7, 11) is 0. The van der Waals surface area contributed by atoms with E-state index in [1.807, 2.05) is 0 Å². The van der Waals surface area contributed by atoms with E-state index < -0.39 is 5.82 Å². The van der Waals surface area contributed by atoms with E-state index in [1.165, 1.54) is 60.8 Å². The topological polar surface area (TPSA) is 12.9 Å². The molecule has 0 bridgehead atoms. The monoisotopic (exact) mass is 285 g/mol. The minimum Gasteiger partial charge on any atom is -0.255 e. The van der Waals surface area contributed by atoms with Crippen LogP contribution in [0.1, 0.15) is 0 Å². The van der Waals surface area contributed by atoms with Crippen LogP contribution in [0.4, 0.5) is 13.2 Å². The van der Waals surface area contributed by atoms with Crippen molar-refractivity contribution in [1.82, 2.24) is 4.98 Å². The maximum Gasteiger partial charge on any atom is 0.134 e. The molecule has 1 nitrogen and oxygen atoms in total. The quantitative estimate of drug-likeness (QED) is 0.657. The van der Waals surface area contributed by atoms with E-state index in [-0.39, 0.29) is 11.6 Å². The second kappa shape index (κ2) is 5.40. The fourth-order valence-corrected chi connectivity index (χ4v) is 2.05. The molecule has 104 valence electrons. The summed E-state index contributed by atoms with van der Waals surface area (Å²) in [5.41, 5.74) is 1.88. The summed E-state index contributed by atoms with van der Waals surface area (Å²) in [6, 6.07) is 12.5. The second-order valence-corrected chi connectivity index (χ2v) is 4.56. The van der Waals surface area contributed by atoms with Crippen LogP contribution < -0.4 is 0 Å². The van der Waals surface area contributed by atoms with E-state index in [2.05, 4.69) is 4.98 Å². The van der Waals surface area contributed by atoms with Gasteiger partial charge < -0.3 is 0 Å². The van der Waals surface area contributed by atoms with Gasteiger partial charge >= 0.3 is 0 Å². The molecule has 0 unspecified atom stereocenters. The van der Waals surface area contributed by atoms with Gasteiger partial charge in [-0.3, -0.25) is 4.98 Å². The predicted molar refractivity (Wildman–Crippen MR) is 75.0 cm³/mol. The first-order valence-electron chi connectivity index (χ1n) is 6.31. The molecule has 3 aromatic rings. The fourth-order valence-electron chi connectivity index (χ4n) is 2.05. The lowest BCUT2D eigenvalue weighted by molar-refractivity contribution is 0.625. The van der Waals surface area contributed by atoms with Gasteiger partial charge in [-0.15, -0.1) is 0 Å². The SMILES string of the molecule is Fc1ccc(-c2cc(F)c(-c3ccc(F)cc3)cn2)cc1. The Hall–Kier alpha value is -2.62.